The molecule has 0 aliphatic heterocycles. The molecule has 0 aliphatic rings. The van der Waals surface area contributed by atoms with Gasteiger partial charge in [-0.05, 0) is 25.1 Å². The minimum Gasteiger partial charge on any atom is -0.383 e. The van der Waals surface area contributed by atoms with Gasteiger partial charge in [0.15, 0.2) is 5.16 Å². The van der Waals surface area contributed by atoms with Gasteiger partial charge in [-0.3, -0.25) is 4.57 Å². The van der Waals surface area contributed by atoms with E-state index in [1.807, 2.05) is 6.92 Å². The first-order chi connectivity index (χ1) is 9.02. The molecule has 0 bridgehead atoms. The van der Waals surface area contributed by atoms with E-state index in [1.54, 1.807) is 7.05 Å². The van der Waals surface area contributed by atoms with Crippen molar-refractivity contribution in [2.75, 3.05) is 5.73 Å². The highest BCUT2D eigenvalue weighted by molar-refractivity contribution is 7.99. The molecule has 0 spiro atoms. The van der Waals surface area contributed by atoms with Gasteiger partial charge in [0, 0.05) is 19.0 Å². The van der Waals surface area contributed by atoms with Crippen molar-refractivity contribution in [3.8, 4) is 0 Å². The number of nitrogen functional groups attached to an aromatic ring is 1. The number of hydrogen-bond donors (Lipinski definition) is 2. The molecule has 0 atom stereocenters. The molecule has 0 aromatic carbocycles. The molecule has 3 N–H and O–H groups in total. The Balaban J connectivity index is 2.38. The molecular weight excluding hydrogens is 264 g/mol. The van der Waals surface area contributed by atoms with E-state index in [1.165, 1.54) is 16.3 Å². The minimum absolute atomic E-state index is 0.254. The lowest BCUT2D eigenvalue weighted by atomic mass is 10.3. The normalized spacial score (nSPS) is 10.9. The minimum atomic E-state index is -0.254. The molecule has 0 aliphatic carbocycles. The van der Waals surface area contributed by atoms with Gasteiger partial charge < -0.3 is 5.73 Å². The molecule has 0 saturated heterocycles. The van der Waals surface area contributed by atoms with Crippen LogP contribution in [0.15, 0.2) is 15.0 Å². The van der Waals surface area contributed by atoms with Crippen LogP contribution in [-0.2, 0) is 13.5 Å². The molecule has 8 heteroatoms. The van der Waals surface area contributed by atoms with Crippen LogP contribution >= 0.6 is 11.8 Å². The van der Waals surface area contributed by atoms with E-state index < -0.39 is 0 Å². The number of nitrogens with two attached hydrogens (primary N) is 1. The standard InChI is InChI=1S/C11H16N6OS/c1-4-5-7-13-8(12)6(2)9(14-7)19-11-16-15-10(18)17(11)3/h4-5H2,1-3H3,(H,15,18)(H2,12,13,14). The maximum atomic E-state index is 11.3. The molecule has 2 heterocycles. The number of H-pyrrole nitrogens is 1. The number of aromatic nitrogens is 5. The lowest BCUT2D eigenvalue weighted by Crippen LogP contribution is -2.13. The van der Waals surface area contributed by atoms with Crippen LogP contribution in [0.3, 0.4) is 0 Å². The Morgan fingerprint density at radius 2 is 2.16 bits per heavy atom. The maximum absolute atomic E-state index is 11.3. The summed E-state index contributed by atoms with van der Waals surface area (Å²) in [5.74, 6) is 1.19. The summed E-state index contributed by atoms with van der Waals surface area (Å²) in [4.78, 5) is 20.0. The quantitative estimate of drug-likeness (QED) is 0.806. The molecular formula is C11H16N6OS. The molecule has 2 aromatic heterocycles. The van der Waals surface area contributed by atoms with E-state index in [2.05, 4.69) is 27.1 Å². The lowest BCUT2D eigenvalue weighted by molar-refractivity contribution is 0.760. The molecule has 0 amide bonds. The molecule has 0 radical (unpaired) electrons. The van der Waals surface area contributed by atoms with Crippen molar-refractivity contribution in [1.29, 1.82) is 0 Å². The van der Waals surface area contributed by atoms with Gasteiger partial charge in [-0.15, -0.1) is 5.10 Å². The fourth-order valence-electron chi connectivity index (χ4n) is 1.50. The van der Waals surface area contributed by atoms with Crippen LogP contribution in [-0.4, -0.2) is 24.7 Å². The smallest absolute Gasteiger partial charge is 0.343 e. The third-order valence-electron chi connectivity index (χ3n) is 2.69. The third kappa shape index (κ3) is 2.78. The van der Waals surface area contributed by atoms with Crippen molar-refractivity contribution in [2.24, 2.45) is 7.05 Å². The Hall–Kier alpha value is -1.83. The van der Waals surface area contributed by atoms with Crippen molar-refractivity contribution in [3.63, 3.8) is 0 Å². The fourth-order valence-corrected chi connectivity index (χ4v) is 2.40. The Morgan fingerprint density at radius 3 is 2.74 bits per heavy atom. The maximum Gasteiger partial charge on any atom is 0.343 e. The molecule has 7 nitrogen and oxygen atoms in total. The largest absolute Gasteiger partial charge is 0.383 e. The van der Waals surface area contributed by atoms with E-state index in [9.17, 15) is 4.79 Å². The van der Waals surface area contributed by atoms with Crippen LogP contribution in [0.25, 0.3) is 0 Å². The van der Waals surface area contributed by atoms with Crippen molar-refractivity contribution >= 4 is 17.6 Å². The van der Waals surface area contributed by atoms with Crippen molar-refractivity contribution in [3.05, 3.63) is 21.9 Å². The van der Waals surface area contributed by atoms with E-state index in [-0.39, 0.29) is 5.69 Å². The van der Waals surface area contributed by atoms with Crippen LogP contribution in [0.4, 0.5) is 5.82 Å². The van der Waals surface area contributed by atoms with E-state index in [0.717, 1.165) is 23.4 Å². The van der Waals surface area contributed by atoms with Gasteiger partial charge in [0.25, 0.3) is 0 Å². The summed E-state index contributed by atoms with van der Waals surface area (Å²) in [5.41, 5.74) is 6.44. The monoisotopic (exact) mass is 280 g/mol. The Labute approximate surface area is 114 Å². The lowest BCUT2D eigenvalue weighted by Gasteiger charge is -2.08. The van der Waals surface area contributed by atoms with Gasteiger partial charge >= 0.3 is 5.69 Å². The molecule has 102 valence electrons. The zero-order valence-electron chi connectivity index (χ0n) is 11.1. The number of anilines is 1. The molecule has 19 heavy (non-hydrogen) atoms. The first-order valence-electron chi connectivity index (χ1n) is 5.95. The highest BCUT2D eigenvalue weighted by atomic mass is 32.2. The van der Waals surface area contributed by atoms with Crippen molar-refractivity contribution in [1.82, 2.24) is 24.7 Å². The molecule has 0 saturated carbocycles. The SMILES string of the molecule is CCCc1nc(N)c(C)c(Sc2n[nH]c(=O)n2C)n1. The summed E-state index contributed by atoms with van der Waals surface area (Å²) in [6.45, 7) is 3.92. The summed E-state index contributed by atoms with van der Waals surface area (Å²) < 4.78 is 1.43. The first-order valence-corrected chi connectivity index (χ1v) is 6.76. The summed E-state index contributed by atoms with van der Waals surface area (Å²) in [7, 11) is 1.65. The number of aryl methyl sites for hydroxylation is 1. The summed E-state index contributed by atoms with van der Waals surface area (Å²) in [6.07, 6.45) is 1.73. The highest BCUT2D eigenvalue weighted by Gasteiger charge is 2.13. The zero-order valence-corrected chi connectivity index (χ0v) is 11.9. The van der Waals surface area contributed by atoms with Gasteiger partial charge in [0.2, 0.25) is 0 Å². The van der Waals surface area contributed by atoms with Crippen molar-refractivity contribution < 1.29 is 0 Å². The van der Waals surface area contributed by atoms with Crippen LogP contribution < -0.4 is 11.4 Å². The fraction of sp³-hybridized carbons (Fsp3) is 0.455. The second-order valence-corrected chi connectivity index (χ2v) is 5.13. The topological polar surface area (TPSA) is 102 Å². The third-order valence-corrected chi connectivity index (χ3v) is 3.82. The van der Waals surface area contributed by atoms with Crippen LogP contribution in [0.5, 0.6) is 0 Å². The summed E-state index contributed by atoms with van der Waals surface area (Å²) in [5, 5.41) is 7.62. The Morgan fingerprint density at radius 1 is 1.42 bits per heavy atom. The van der Waals surface area contributed by atoms with Gasteiger partial charge in [0.1, 0.15) is 16.7 Å². The predicted molar refractivity (Wildman–Crippen MR) is 73.1 cm³/mol. The second-order valence-electron chi connectivity index (χ2n) is 4.18. The molecule has 2 aromatic rings. The number of aromatic amines is 1. The number of hydrogen-bond acceptors (Lipinski definition) is 6. The van der Waals surface area contributed by atoms with Crippen LogP contribution in [0, 0.1) is 6.92 Å². The van der Waals surface area contributed by atoms with Crippen molar-refractivity contribution in [2.45, 2.75) is 36.9 Å². The van der Waals surface area contributed by atoms with Gasteiger partial charge in [-0.1, -0.05) is 6.92 Å². The molecule has 0 fully saturated rings. The van der Waals surface area contributed by atoms with Crippen LogP contribution in [0.1, 0.15) is 24.7 Å². The number of nitrogens with one attached hydrogen (secondary N) is 1. The molecule has 0 unspecified atom stereocenters. The molecule has 2 rings (SSSR count). The Bertz CT molecular complexity index is 647. The van der Waals surface area contributed by atoms with E-state index in [4.69, 9.17) is 5.73 Å². The number of rotatable bonds is 4. The summed E-state index contributed by atoms with van der Waals surface area (Å²) in [6, 6.07) is 0. The summed E-state index contributed by atoms with van der Waals surface area (Å²) >= 11 is 1.31. The van der Waals surface area contributed by atoms with Crippen LogP contribution in [0.2, 0.25) is 0 Å². The number of nitrogens with zero attached hydrogens (tertiary/aromatic N) is 4. The van der Waals surface area contributed by atoms with E-state index >= 15 is 0 Å². The second kappa shape index (κ2) is 5.43. The van der Waals surface area contributed by atoms with Gasteiger partial charge in [0.05, 0.1) is 0 Å². The van der Waals surface area contributed by atoms with Gasteiger partial charge in [-0.25, -0.2) is 19.9 Å². The van der Waals surface area contributed by atoms with E-state index in [0.29, 0.717) is 16.8 Å². The average Bonchev–Trinajstić information content (AvgIpc) is 2.67. The first kappa shape index (κ1) is 13.6. The highest BCUT2D eigenvalue weighted by Crippen LogP contribution is 2.28. The predicted octanol–water partition coefficient (Wildman–Crippen LogP) is 0.893. The Kier molecular flexibility index (Phi) is 3.89. The zero-order chi connectivity index (χ0) is 14.0. The average molecular weight is 280 g/mol. The van der Waals surface area contributed by atoms with Gasteiger partial charge in [-0.2, -0.15) is 0 Å².